The zero-order chi connectivity index (χ0) is 7.82. The first-order valence-electron chi connectivity index (χ1n) is 2.89. The Kier molecular flexibility index (Phi) is 5.80. The molecule has 5 heteroatoms. The Morgan fingerprint density at radius 3 is 2.70 bits per heavy atom. The van der Waals surface area contributed by atoms with Crippen molar-refractivity contribution in [1.82, 2.24) is 10.8 Å². The summed E-state index contributed by atoms with van der Waals surface area (Å²) in [7, 11) is 3.07. The molecular weight excluding hydrogens is 136 g/mol. The summed E-state index contributed by atoms with van der Waals surface area (Å²) in [6.07, 6.45) is 0. The Hall–Kier alpha value is -0.810. The number of hydrogen-bond acceptors (Lipinski definition) is 3. The van der Waals surface area contributed by atoms with Crippen molar-refractivity contribution in [2.75, 3.05) is 27.4 Å². The highest BCUT2D eigenvalue weighted by Gasteiger charge is 1.92. The molecule has 0 atom stereocenters. The number of hydrogen-bond donors (Lipinski definition) is 2. The average Bonchev–Trinajstić information content (AvgIpc) is 1.98. The number of carbonyl (C=O) groups excluding carboxylic acids is 1. The summed E-state index contributed by atoms with van der Waals surface area (Å²) in [5, 5.41) is 2.33. The molecule has 0 spiro atoms. The lowest BCUT2D eigenvalue weighted by atomic mass is 10.8. The van der Waals surface area contributed by atoms with Crippen LogP contribution in [0.3, 0.4) is 0 Å². The van der Waals surface area contributed by atoms with Gasteiger partial charge in [0.25, 0.3) is 0 Å². The molecule has 0 aliphatic heterocycles. The van der Waals surface area contributed by atoms with Gasteiger partial charge >= 0.3 is 6.03 Å². The monoisotopic (exact) mass is 148 g/mol. The van der Waals surface area contributed by atoms with Gasteiger partial charge in [0.05, 0.1) is 13.2 Å². The Morgan fingerprint density at radius 2 is 2.20 bits per heavy atom. The van der Waals surface area contributed by atoms with Crippen LogP contribution in [0.4, 0.5) is 4.79 Å². The van der Waals surface area contributed by atoms with E-state index in [9.17, 15) is 4.79 Å². The first-order valence-corrected chi connectivity index (χ1v) is 2.89. The maximum atomic E-state index is 10.4. The number of nitrogens with one attached hydrogen (secondary N) is 2. The SMILES string of the molecule is CNC(=O)NOCCOC. The van der Waals surface area contributed by atoms with Crippen LogP contribution in [0.15, 0.2) is 0 Å². The van der Waals surface area contributed by atoms with E-state index in [1.807, 2.05) is 0 Å². The van der Waals surface area contributed by atoms with Crippen molar-refractivity contribution >= 4 is 6.03 Å². The molecule has 5 nitrogen and oxygen atoms in total. The maximum absolute atomic E-state index is 10.4. The fourth-order valence-corrected chi connectivity index (χ4v) is 0.293. The van der Waals surface area contributed by atoms with Crippen molar-refractivity contribution in [3.8, 4) is 0 Å². The maximum Gasteiger partial charge on any atom is 0.338 e. The van der Waals surface area contributed by atoms with Crippen LogP contribution in [-0.2, 0) is 9.57 Å². The second-order valence-corrected chi connectivity index (χ2v) is 1.52. The van der Waals surface area contributed by atoms with Gasteiger partial charge in [0.1, 0.15) is 0 Å². The van der Waals surface area contributed by atoms with E-state index in [1.165, 1.54) is 7.05 Å². The Bertz CT molecular complexity index is 96.9. The van der Waals surface area contributed by atoms with Gasteiger partial charge < -0.3 is 10.1 Å². The Balaban J connectivity index is 2.96. The van der Waals surface area contributed by atoms with E-state index in [0.717, 1.165) is 0 Å². The second kappa shape index (κ2) is 6.31. The molecule has 0 aliphatic rings. The molecule has 60 valence electrons. The highest BCUT2D eigenvalue weighted by Crippen LogP contribution is 1.69. The van der Waals surface area contributed by atoms with E-state index in [0.29, 0.717) is 13.2 Å². The smallest absolute Gasteiger partial charge is 0.338 e. The van der Waals surface area contributed by atoms with Crippen LogP contribution in [0, 0.1) is 0 Å². The molecule has 0 bridgehead atoms. The van der Waals surface area contributed by atoms with E-state index in [-0.39, 0.29) is 6.03 Å². The lowest BCUT2D eigenvalue weighted by Gasteiger charge is -2.02. The minimum absolute atomic E-state index is 0.351. The van der Waals surface area contributed by atoms with Crippen LogP contribution in [0.5, 0.6) is 0 Å². The third-order valence-electron chi connectivity index (χ3n) is 0.781. The summed E-state index contributed by atoms with van der Waals surface area (Å²) in [4.78, 5) is 15.0. The standard InChI is InChI=1S/C5H12N2O3/c1-6-5(8)7-10-4-3-9-2/h3-4H2,1-2H3,(H2,6,7,8). The fourth-order valence-electron chi connectivity index (χ4n) is 0.293. The molecule has 0 radical (unpaired) electrons. The molecule has 2 amide bonds. The van der Waals surface area contributed by atoms with Gasteiger partial charge in [-0.1, -0.05) is 0 Å². The summed E-state index contributed by atoms with van der Waals surface area (Å²) in [5.41, 5.74) is 2.14. The molecule has 10 heavy (non-hydrogen) atoms. The first-order chi connectivity index (χ1) is 4.81. The van der Waals surface area contributed by atoms with Crippen LogP contribution >= 0.6 is 0 Å². The fraction of sp³-hybridized carbons (Fsp3) is 0.800. The second-order valence-electron chi connectivity index (χ2n) is 1.52. The van der Waals surface area contributed by atoms with Gasteiger partial charge in [0.15, 0.2) is 0 Å². The zero-order valence-corrected chi connectivity index (χ0v) is 6.14. The molecule has 0 heterocycles. The van der Waals surface area contributed by atoms with Crippen molar-refractivity contribution in [2.24, 2.45) is 0 Å². The van der Waals surface area contributed by atoms with Crippen molar-refractivity contribution in [1.29, 1.82) is 0 Å². The Labute approximate surface area is 59.6 Å². The van der Waals surface area contributed by atoms with Gasteiger partial charge in [-0.25, -0.2) is 10.3 Å². The number of hydroxylamine groups is 1. The highest BCUT2D eigenvalue weighted by molar-refractivity contribution is 5.72. The molecule has 0 rings (SSSR count). The number of carbonyl (C=O) groups is 1. The van der Waals surface area contributed by atoms with Crippen LogP contribution in [0.25, 0.3) is 0 Å². The summed E-state index contributed by atoms with van der Waals surface area (Å²) in [6, 6.07) is -0.365. The highest BCUT2D eigenvalue weighted by atomic mass is 16.7. The van der Waals surface area contributed by atoms with Crippen LogP contribution in [-0.4, -0.2) is 33.4 Å². The summed E-state index contributed by atoms with van der Waals surface area (Å²) in [5.74, 6) is 0. The van der Waals surface area contributed by atoms with Crippen LogP contribution in [0.2, 0.25) is 0 Å². The summed E-state index contributed by atoms with van der Waals surface area (Å²) < 4.78 is 4.66. The topological polar surface area (TPSA) is 59.6 Å². The van der Waals surface area contributed by atoms with E-state index in [1.54, 1.807) is 7.11 Å². The van der Waals surface area contributed by atoms with Gasteiger partial charge in [-0.05, 0) is 0 Å². The molecule has 0 aromatic heterocycles. The molecule has 0 aromatic carbocycles. The van der Waals surface area contributed by atoms with Crippen molar-refractivity contribution < 1.29 is 14.4 Å². The first kappa shape index (κ1) is 9.19. The van der Waals surface area contributed by atoms with Gasteiger partial charge in [-0.3, -0.25) is 4.84 Å². The van der Waals surface area contributed by atoms with Crippen molar-refractivity contribution in [3.05, 3.63) is 0 Å². The average molecular weight is 148 g/mol. The van der Waals surface area contributed by atoms with Crippen molar-refractivity contribution in [3.63, 3.8) is 0 Å². The molecule has 0 aliphatic carbocycles. The van der Waals surface area contributed by atoms with Crippen LogP contribution < -0.4 is 10.8 Å². The Morgan fingerprint density at radius 1 is 1.50 bits per heavy atom. The van der Waals surface area contributed by atoms with Crippen molar-refractivity contribution in [2.45, 2.75) is 0 Å². The molecule has 2 N–H and O–H groups in total. The number of amides is 2. The number of methoxy groups -OCH3 is 1. The molecule has 0 unspecified atom stereocenters. The van der Waals surface area contributed by atoms with E-state index >= 15 is 0 Å². The summed E-state index contributed by atoms with van der Waals surface area (Å²) >= 11 is 0. The van der Waals surface area contributed by atoms with Gasteiger partial charge in [0, 0.05) is 14.2 Å². The lowest BCUT2D eigenvalue weighted by Crippen LogP contribution is -2.33. The predicted molar refractivity (Wildman–Crippen MR) is 35.4 cm³/mol. The number of rotatable bonds is 4. The van der Waals surface area contributed by atoms with Gasteiger partial charge in [-0.15, -0.1) is 0 Å². The molecule has 0 saturated heterocycles. The summed E-state index contributed by atoms with van der Waals surface area (Å²) in [6.45, 7) is 0.813. The minimum atomic E-state index is -0.365. The number of urea groups is 1. The molecule has 0 aromatic rings. The quantitative estimate of drug-likeness (QED) is 0.417. The van der Waals surface area contributed by atoms with E-state index in [2.05, 4.69) is 20.4 Å². The van der Waals surface area contributed by atoms with E-state index < -0.39 is 0 Å². The normalized spacial score (nSPS) is 9.00. The molecule has 0 saturated carbocycles. The molecular formula is C5H12N2O3. The van der Waals surface area contributed by atoms with E-state index in [4.69, 9.17) is 0 Å². The molecule has 0 fully saturated rings. The number of ether oxygens (including phenoxy) is 1. The third-order valence-corrected chi connectivity index (χ3v) is 0.781. The van der Waals surface area contributed by atoms with Gasteiger partial charge in [-0.2, -0.15) is 0 Å². The predicted octanol–water partition coefficient (Wildman–Crippen LogP) is -0.507. The largest absolute Gasteiger partial charge is 0.382 e. The minimum Gasteiger partial charge on any atom is -0.382 e. The third kappa shape index (κ3) is 5.33. The van der Waals surface area contributed by atoms with Gasteiger partial charge in [0.2, 0.25) is 0 Å². The zero-order valence-electron chi connectivity index (χ0n) is 6.14. The lowest BCUT2D eigenvalue weighted by molar-refractivity contribution is 0.0246. The van der Waals surface area contributed by atoms with Crippen LogP contribution in [0.1, 0.15) is 0 Å².